The molecule has 2 rings (SSSR count). The molecule has 0 fully saturated rings. The van der Waals surface area contributed by atoms with Gasteiger partial charge in [-0.1, -0.05) is 59.2 Å². The molecule has 0 saturated heterocycles. The van der Waals surface area contributed by atoms with Crippen LogP contribution in [0, 0.1) is 0 Å². The average Bonchev–Trinajstić information content (AvgIpc) is 2.45. The lowest BCUT2D eigenvalue weighted by atomic mass is 9.94. The highest BCUT2D eigenvalue weighted by atomic mass is 127. The van der Waals surface area contributed by atoms with E-state index < -0.39 is 0 Å². The second-order valence-corrected chi connectivity index (χ2v) is 6.40. The molecule has 0 atom stereocenters. The van der Waals surface area contributed by atoms with E-state index in [1.54, 1.807) is 0 Å². The maximum absolute atomic E-state index is 5.75. The molecule has 1 aromatic carbocycles. The molecule has 1 aromatic rings. The van der Waals surface area contributed by atoms with Crippen LogP contribution in [-0.2, 0) is 0 Å². The van der Waals surface area contributed by atoms with Gasteiger partial charge < -0.3 is 5.73 Å². The van der Waals surface area contributed by atoms with Crippen molar-refractivity contribution in [1.82, 2.24) is 0 Å². The first kappa shape index (κ1) is 15.4. The van der Waals surface area contributed by atoms with E-state index in [0.717, 1.165) is 18.5 Å². The van der Waals surface area contributed by atoms with E-state index >= 15 is 0 Å². The first-order valence-electron chi connectivity index (χ1n) is 6.60. The monoisotopic (exact) mass is 395 g/mol. The molecule has 0 unspecified atom stereocenters. The van der Waals surface area contributed by atoms with Crippen LogP contribution >= 0.6 is 34.4 Å². The molecule has 20 heavy (non-hydrogen) atoms. The van der Waals surface area contributed by atoms with Gasteiger partial charge >= 0.3 is 0 Å². The maximum atomic E-state index is 5.75. The number of nitrogens with two attached hydrogens (primary N) is 1. The second-order valence-electron chi connectivity index (χ2n) is 4.60. The summed E-state index contributed by atoms with van der Waals surface area (Å²) in [5.74, 6) is 0. The summed E-state index contributed by atoms with van der Waals surface area (Å²) in [4.78, 5) is 2.60. The summed E-state index contributed by atoms with van der Waals surface area (Å²) in [6.07, 6.45) is 9.72. The minimum atomic E-state index is 0.807. The number of benzene rings is 1. The first-order valence-corrected chi connectivity index (χ1v) is 8.66. The summed E-state index contributed by atoms with van der Waals surface area (Å²) in [7, 11) is 0. The molecule has 0 heterocycles. The Morgan fingerprint density at radius 2 is 1.95 bits per heavy atom. The van der Waals surface area contributed by atoms with E-state index in [1.807, 2.05) is 30.0 Å². The number of allylic oxidation sites excluding steroid dienone is 5. The third-order valence-electron chi connectivity index (χ3n) is 3.16. The molecule has 0 bridgehead atoms. The van der Waals surface area contributed by atoms with Gasteiger partial charge in [-0.2, -0.15) is 0 Å². The SMILES string of the molecule is C=C/C=C1\CCCC(/C=C/I)=C1Sc1ccc(N)cc1. The highest BCUT2D eigenvalue weighted by Gasteiger charge is 2.16. The molecule has 1 nitrogen and oxygen atoms in total. The number of hydrogen-bond acceptors (Lipinski definition) is 2. The van der Waals surface area contributed by atoms with E-state index in [0.29, 0.717) is 0 Å². The number of nitrogen functional groups attached to an aromatic ring is 1. The summed E-state index contributed by atoms with van der Waals surface area (Å²) in [5, 5.41) is 0. The predicted molar refractivity (Wildman–Crippen MR) is 99.0 cm³/mol. The van der Waals surface area contributed by atoms with Gasteiger partial charge in [-0.05, 0) is 58.8 Å². The lowest BCUT2D eigenvalue weighted by molar-refractivity contribution is 0.793. The highest BCUT2D eigenvalue weighted by Crippen LogP contribution is 2.41. The molecule has 0 aromatic heterocycles. The minimum Gasteiger partial charge on any atom is -0.399 e. The van der Waals surface area contributed by atoms with E-state index in [-0.39, 0.29) is 0 Å². The molecular weight excluding hydrogens is 377 g/mol. The molecule has 0 aliphatic heterocycles. The molecule has 2 N–H and O–H groups in total. The fourth-order valence-electron chi connectivity index (χ4n) is 2.22. The standard InChI is InChI=1S/C17H18INS/c1-2-4-13-5-3-6-14(11-12-18)17(13)20-16-9-7-15(19)8-10-16/h2,4,7-12H,1,3,5-6,19H2/b12-11+,13-4+. The van der Waals surface area contributed by atoms with E-state index in [4.69, 9.17) is 5.73 Å². The van der Waals surface area contributed by atoms with Crippen molar-refractivity contribution in [2.75, 3.05) is 5.73 Å². The number of rotatable bonds is 4. The summed E-state index contributed by atoms with van der Waals surface area (Å²) in [6, 6.07) is 8.07. The lowest BCUT2D eigenvalue weighted by Crippen LogP contribution is -1.99. The van der Waals surface area contributed by atoms with Crippen molar-refractivity contribution >= 4 is 40.0 Å². The highest BCUT2D eigenvalue weighted by molar-refractivity contribution is 14.1. The Hall–Kier alpha value is -0.940. The van der Waals surface area contributed by atoms with Crippen molar-refractivity contribution in [1.29, 1.82) is 0 Å². The van der Waals surface area contributed by atoms with Gasteiger partial charge in [-0.3, -0.25) is 0 Å². The first-order chi connectivity index (χ1) is 9.74. The van der Waals surface area contributed by atoms with Crippen LogP contribution < -0.4 is 5.73 Å². The summed E-state index contributed by atoms with van der Waals surface area (Å²) in [5.41, 5.74) is 9.36. The number of hydrogen-bond donors (Lipinski definition) is 1. The maximum Gasteiger partial charge on any atom is 0.0314 e. The Balaban J connectivity index is 2.36. The topological polar surface area (TPSA) is 26.0 Å². The van der Waals surface area contributed by atoms with Crippen molar-refractivity contribution in [3.63, 3.8) is 0 Å². The van der Waals surface area contributed by atoms with Crippen LogP contribution in [0.25, 0.3) is 0 Å². The Morgan fingerprint density at radius 3 is 2.60 bits per heavy atom. The minimum absolute atomic E-state index is 0.807. The van der Waals surface area contributed by atoms with Crippen molar-refractivity contribution in [2.45, 2.75) is 24.2 Å². The second kappa shape index (κ2) is 7.74. The Morgan fingerprint density at radius 1 is 1.20 bits per heavy atom. The Bertz CT molecular complexity index is 567. The van der Waals surface area contributed by atoms with E-state index in [2.05, 4.69) is 57.5 Å². The van der Waals surface area contributed by atoms with Gasteiger partial charge in [-0.25, -0.2) is 0 Å². The zero-order valence-corrected chi connectivity index (χ0v) is 14.3. The van der Waals surface area contributed by atoms with Gasteiger partial charge in [-0.15, -0.1) is 0 Å². The van der Waals surface area contributed by atoms with Crippen LogP contribution in [0.2, 0.25) is 0 Å². The van der Waals surface area contributed by atoms with Gasteiger partial charge in [0.2, 0.25) is 0 Å². The van der Waals surface area contributed by atoms with Crippen molar-refractivity contribution < 1.29 is 0 Å². The molecule has 0 amide bonds. The zero-order chi connectivity index (χ0) is 14.4. The Kier molecular flexibility index (Phi) is 5.98. The van der Waals surface area contributed by atoms with E-state index in [1.165, 1.54) is 27.4 Å². The van der Waals surface area contributed by atoms with Crippen LogP contribution in [0.5, 0.6) is 0 Å². The van der Waals surface area contributed by atoms with E-state index in [9.17, 15) is 0 Å². The largest absolute Gasteiger partial charge is 0.399 e. The molecule has 104 valence electrons. The number of anilines is 1. The molecule has 1 aliphatic rings. The fourth-order valence-corrected chi connectivity index (χ4v) is 3.77. The van der Waals surface area contributed by atoms with Crippen molar-refractivity contribution in [3.8, 4) is 0 Å². The zero-order valence-electron chi connectivity index (χ0n) is 11.3. The van der Waals surface area contributed by atoms with Crippen LogP contribution in [0.4, 0.5) is 5.69 Å². The number of halogens is 1. The Labute approximate surface area is 138 Å². The average molecular weight is 395 g/mol. The van der Waals surface area contributed by atoms with Gasteiger partial charge in [0, 0.05) is 15.5 Å². The molecule has 1 aliphatic carbocycles. The van der Waals surface area contributed by atoms with Crippen molar-refractivity contribution in [2.24, 2.45) is 0 Å². The molecule has 0 radical (unpaired) electrons. The summed E-state index contributed by atoms with van der Waals surface area (Å²) in [6.45, 7) is 3.83. The van der Waals surface area contributed by atoms with Crippen LogP contribution in [0.15, 0.2) is 74.1 Å². The lowest BCUT2D eigenvalue weighted by Gasteiger charge is -2.21. The van der Waals surface area contributed by atoms with Crippen LogP contribution in [-0.4, -0.2) is 0 Å². The van der Waals surface area contributed by atoms with Crippen LogP contribution in [0.3, 0.4) is 0 Å². The van der Waals surface area contributed by atoms with Crippen LogP contribution in [0.1, 0.15) is 19.3 Å². The smallest absolute Gasteiger partial charge is 0.0314 e. The quantitative estimate of drug-likeness (QED) is 0.511. The van der Waals surface area contributed by atoms with Crippen molar-refractivity contribution in [3.05, 3.63) is 69.2 Å². The third kappa shape index (κ3) is 4.03. The van der Waals surface area contributed by atoms with Gasteiger partial charge in [0.15, 0.2) is 0 Å². The molecule has 0 spiro atoms. The summed E-state index contributed by atoms with van der Waals surface area (Å²) < 4.78 is 2.09. The third-order valence-corrected chi connectivity index (χ3v) is 4.75. The molecular formula is C17H18INS. The summed E-state index contributed by atoms with van der Waals surface area (Å²) >= 11 is 4.11. The molecule has 3 heteroatoms. The number of thioether (sulfide) groups is 1. The predicted octanol–water partition coefficient (Wildman–Crippen LogP) is 5.86. The van der Waals surface area contributed by atoms with Gasteiger partial charge in [0.1, 0.15) is 0 Å². The van der Waals surface area contributed by atoms with Gasteiger partial charge in [0.05, 0.1) is 0 Å². The normalized spacial score (nSPS) is 17.9. The van der Waals surface area contributed by atoms with Gasteiger partial charge in [0.25, 0.3) is 0 Å². The fraction of sp³-hybridized carbons (Fsp3) is 0.176. The molecule has 0 saturated carbocycles.